The highest BCUT2D eigenvalue weighted by Gasteiger charge is 2.18. The third-order valence-electron chi connectivity index (χ3n) is 0.788. The summed E-state index contributed by atoms with van der Waals surface area (Å²) in [5, 5.41) is -0.589. The molecule has 1 atom stereocenters. The third kappa shape index (κ3) is 2.47. The summed E-state index contributed by atoms with van der Waals surface area (Å²) in [6.45, 7) is 0.649. The van der Waals surface area contributed by atoms with Crippen LogP contribution in [0.5, 0.6) is 0 Å². The molecule has 1 aliphatic rings. The van der Waals surface area contributed by atoms with Gasteiger partial charge in [-0.15, -0.1) is 0 Å². The number of ether oxygens (including phenoxy) is 2. The van der Waals surface area contributed by atoms with E-state index < -0.39 is 10.9 Å². The van der Waals surface area contributed by atoms with Crippen LogP contribution in [-0.4, -0.2) is 23.3 Å². The lowest BCUT2D eigenvalue weighted by Gasteiger charge is -2.05. The van der Waals surface area contributed by atoms with Crippen molar-refractivity contribution in [3.63, 3.8) is 0 Å². The second-order valence-electron chi connectivity index (χ2n) is 1.41. The van der Waals surface area contributed by atoms with Gasteiger partial charge in [-0.25, -0.2) is 4.79 Å². The van der Waals surface area contributed by atoms with E-state index in [-0.39, 0.29) is 0 Å². The Morgan fingerprint density at radius 1 is 1.89 bits per heavy atom. The zero-order chi connectivity index (χ0) is 6.69. The molecule has 52 valence electrons. The van der Waals surface area contributed by atoms with Gasteiger partial charge in [0.1, 0.15) is 0 Å². The smallest absolute Gasteiger partial charge is 0.367 e. The van der Waals surface area contributed by atoms with Crippen LogP contribution in [0, 0.1) is 0 Å². The van der Waals surface area contributed by atoms with Gasteiger partial charge in [-0.05, 0) is 0 Å². The van der Waals surface area contributed by atoms with Crippen molar-refractivity contribution in [3.05, 3.63) is 0 Å². The zero-order valence-electron chi connectivity index (χ0n) is 4.57. The van der Waals surface area contributed by atoms with Crippen molar-refractivity contribution < 1.29 is 14.3 Å². The van der Waals surface area contributed by atoms with Crippen molar-refractivity contribution in [1.82, 2.24) is 0 Å². The maximum Gasteiger partial charge on any atom is 0.367 e. The van der Waals surface area contributed by atoms with Crippen LogP contribution in [0.2, 0.25) is 0 Å². The summed E-state index contributed by atoms with van der Waals surface area (Å²) in [5.41, 5.74) is -0.421. The first-order valence-corrected chi connectivity index (χ1v) is 3.91. The first kappa shape index (κ1) is 7.24. The molecule has 0 aromatic carbocycles. The quantitative estimate of drug-likeness (QED) is 0.467. The molecule has 9 heavy (non-hydrogen) atoms. The Kier molecular flexibility index (Phi) is 2.68. The van der Waals surface area contributed by atoms with Crippen molar-refractivity contribution >= 4 is 29.7 Å². The molecule has 1 heterocycles. The first-order valence-electron chi connectivity index (χ1n) is 2.42. The Balaban J connectivity index is 2.19. The molecule has 0 radical (unpaired) electrons. The normalized spacial score (nSPS) is 26.1. The fourth-order valence-electron chi connectivity index (χ4n) is 0.487. The molecule has 3 nitrogen and oxygen atoms in total. The topological polar surface area (TPSA) is 35.5 Å². The largest absolute Gasteiger partial charge is 0.418 e. The highest BCUT2D eigenvalue weighted by Crippen LogP contribution is 2.20. The second kappa shape index (κ2) is 3.34. The summed E-state index contributed by atoms with van der Waals surface area (Å²) in [5.74, 6) is 0.881. The molecule has 1 saturated heterocycles. The molecular formula is C4H6O3S2. The Bertz CT molecular complexity index is 110. The summed E-state index contributed by atoms with van der Waals surface area (Å²) < 4.78 is 9.51. The van der Waals surface area contributed by atoms with Crippen molar-refractivity contribution in [2.45, 2.75) is 5.62 Å². The van der Waals surface area contributed by atoms with E-state index in [1.807, 2.05) is 0 Å². The molecule has 1 unspecified atom stereocenters. The molecule has 0 aromatic heterocycles. The lowest BCUT2D eigenvalue weighted by Crippen LogP contribution is -2.08. The van der Waals surface area contributed by atoms with E-state index in [4.69, 9.17) is 4.74 Å². The molecular weight excluding hydrogens is 160 g/mol. The zero-order valence-corrected chi connectivity index (χ0v) is 6.28. The summed E-state index contributed by atoms with van der Waals surface area (Å²) in [6, 6.07) is 0. The number of hydrogen-bond donors (Lipinski definition) is 1. The lowest BCUT2D eigenvalue weighted by molar-refractivity contribution is -0.0158. The average Bonchev–Trinajstić information content (AvgIpc) is 2.15. The number of rotatable bonds is 1. The van der Waals surface area contributed by atoms with Gasteiger partial charge < -0.3 is 9.47 Å². The minimum absolute atomic E-state index is 0.421. The van der Waals surface area contributed by atoms with E-state index in [0.29, 0.717) is 6.61 Å². The molecule has 1 rings (SSSR count). The van der Waals surface area contributed by atoms with Crippen LogP contribution in [0.4, 0.5) is 4.79 Å². The molecule has 0 bridgehead atoms. The van der Waals surface area contributed by atoms with Crippen LogP contribution >= 0.6 is 24.4 Å². The van der Waals surface area contributed by atoms with Crippen LogP contribution in [0.15, 0.2) is 0 Å². The Morgan fingerprint density at radius 2 is 2.67 bits per heavy atom. The monoisotopic (exact) mass is 166 g/mol. The number of hydrogen-bond acceptors (Lipinski definition) is 4. The standard InChI is InChI=1S/C4H6O3S2/c5-3(8)7-4-6-1-2-9-4/h4H,1-2H2,(H,5,8). The Morgan fingerprint density at radius 3 is 3.11 bits per heavy atom. The van der Waals surface area contributed by atoms with Crippen LogP contribution in [0.1, 0.15) is 0 Å². The van der Waals surface area contributed by atoms with Crippen LogP contribution in [-0.2, 0) is 9.47 Å². The van der Waals surface area contributed by atoms with Crippen molar-refractivity contribution in [2.24, 2.45) is 0 Å². The van der Waals surface area contributed by atoms with E-state index in [1.54, 1.807) is 0 Å². The molecule has 0 aromatic rings. The van der Waals surface area contributed by atoms with Gasteiger partial charge in [-0.2, -0.15) is 0 Å². The van der Waals surface area contributed by atoms with Gasteiger partial charge in [0.15, 0.2) is 0 Å². The van der Waals surface area contributed by atoms with Gasteiger partial charge in [0, 0.05) is 5.75 Å². The second-order valence-corrected chi connectivity index (χ2v) is 2.91. The number of thioether (sulfide) groups is 1. The van der Waals surface area contributed by atoms with E-state index in [2.05, 4.69) is 17.4 Å². The molecule has 1 fully saturated rings. The predicted octanol–water partition coefficient (Wildman–Crippen LogP) is 1.10. The Labute approximate surface area is 62.5 Å². The lowest BCUT2D eigenvalue weighted by atomic mass is 10.9. The van der Waals surface area contributed by atoms with Gasteiger partial charge >= 0.3 is 5.30 Å². The first-order chi connectivity index (χ1) is 4.29. The van der Waals surface area contributed by atoms with Crippen LogP contribution in [0.25, 0.3) is 0 Å². The molecule has 0 aliphatic carbocycles. The molecule has 0 N–H and O–H groups in total. The summed E-state index contributed by atoms with van der Waals surface area (Å²) in [6.07, 6.45) is 0. The molecule has 0 amide bonds. The highest BCUT2D eigenvalue weighted by molar-refractivity contribution is 8.00. The van der Waals surface area contributed by atoms with Crippen LogP contribution in [0.3, 0.4) is 0 Å². The van der Waals surface area contributed by atoms with Gasteiger partial charge in [-0.1, -0.05) is 24.4 Å². The summed E-state index contributed by atoms with van der Waals surface area (Å²) in [4.78, 5) is 10.1. The highest BCUT2D eigenvalue weighted by atomic mass is 32.2. The van der Waals surface area contributed by atoms with Crippen molar-refractivity contribution in [2.75, 3.05) is 12.4 Å². The number of carbonyl (C=O) groups is 1. The predicted molar refractivity (Wildman–Crippen MR) is 37.7 cm³/mol. The summed E-state index contributed by atoms with van der Waals surface area (Å²) >= 11 is 4.88. The number of carbonyl (C=O) groups excluding carboxylic acids is 1. The van der Waals surface area contributed by atoms with E-state index >= 15 is 0 Å². The van der Waals surface area contributed by atoms with Gasteiger partial charge in [-0.3, -0.25) is 0 Å². The van der Waals surface area contributed by atoms with E-state index in [1.165, 1.54) is 11.8 Å². The summed E-state index contributed by atoms with van der Waals surface area (Å²) in [7, 11) is 0. The van der Waals surface area contributed by atoms with E-state index in [0.717, 1.165) is 5.75 Å². The third-order valence-corrected chi connectivity index (χ3v) is 1.80. The van der Waals surface area contributed by atoms with Gasteiger partial charge in [0.2, 0.25) is 0 Å². The molecule has 5 heteroatoms. The maximum absolute atomic E-state index is 10.1. The molecule has 0 saturated carbocycles. The van der Waals surface area contributed by atoms with Crippen LogP contribution < -0.4 is 0 Å². The SMILES string of the molecule is O=C(S)OC1OCCS1. The van der Waals surface area contributed by atoms with Gasteiger partial charge in [0.05, 0.1) is 6.61 Å². The minimum atomic E-state index is -0.589. The molecule has 1 aliphatic heterocycles. The molecule has 0 spiro atoms. The number of thiol groups is 1. The average molecular weight is 166 g/mol. The van der Waals surface area contributed by atoms with Crippen molar-refractivity contribution in [3.8, 4) is 0 Å². The van der Waals surface area contributed by atoms with E-state index in [9.17, 15) is 4.79 Å². The fourth-order valence-corrected chi connectivity index (χ4v) is 1.39. The fraction of sp³-hybridized carbons (Fsp3) is 0.750. The maximum atomic E-state index is 10.1. The van der Waals surface area contributed by atoms with Crippen molar-refractivity contribution in [1.29, 1.82) is 0 Å². The Hall–Kier alpha value is 0.130. The minimum Gasteiger partial charge on any atom is -0.418 e. The van der Waals surface area contributed by atoms with Gasteiger partial charge in [0.25, 0.3) is 5.62 Å².